The zero-order valence-electron chi connectivity index (χ0n) is 11.1. The van der Waals surface area contributed by atoms with Crippen LogP contribution in [0.3, 0.4) is 0 Å². The van der Waals surface area contributed by atoms with Crippen molar-refractivity contribution in [1.29, 1.82) is 0 Å². The van der Waals surface area contributed by atoms with E-state index in [0.717, 1.165) is 36.6 Å². The van der Waals surface area contributed by atoms with Gasteiger partial charge in [-0.2, -0.15) is 0 Å². The van der Waals surface area contributed by atoms with Gasteiger partial charge in [0, 0.05) is 16.9 Å². The van der Waals surface area contributed by atoms with E-state index in [4.69, 9.17) is 4.42 Å². The Morgan fingerprint density at radius 1 is 1.26 bits per heavy atom. The molecule has 2 aromatic rings. The average Bonchev–Trinajstić information content (AvgIpc) is 2.76. The lowest BCUT2D eigenvalue weighted by Crippen LogP contribution is -2.17. The first-order chi connectivity index (χ1) is 9.16. The monoisotopic (exact) mass is 258 g/mol. The Kier molecular flexibility index (Phi) is 3.05. The predicted molar refractivity (Wildman–Crippen MR) is 73.5 cm³/mol. The van der Waals surface area contributed by atoms with Crippen LogP contribution in [-0.2, 0) is 0 Å². The first kappa shape index (κ1) is 12.3. The molecule has 0 bridgehead atoms. The van der Waals surface area contributed by atoms with Gasteiger partial charge in [-0.15, -0.1) is 0 Å². The van der Waals surface area contributed by atoms with Crippen molar-refractivity contribution in [2.75, 3.05) is 0 Å². The summed E-state index contributed by atoms with van der Waals surface area (Å²) in [6.07, 6.45) is 5.45. The SMILES string of the molecule is Cc1c(C(=O)C2CCCCC2)oc2ccc(O)cc12. The zero-order chi connectivity index (χ0) is 13.4. The minimum absolute atomic E-state index is 0.113. The van der Waals surface area contributed by atoms with E-state index in [1.807, 2.05) is 6.92 Å². The highest BCUT2D eigenvalue weighted by atomic mass is 16.3. The number of carbonyl (C=O) groups excluding carboxylic acids is 1. The highest BCUT2D eigenvalue weighted by Crippen LogP contribution is 2.33. The molecule has 0 aliphatic heterocycles. The van der Waals surface area contributed by atoms with E-state index in [1.165, 1.54) is 6.42 Å². The van der Waals surface area contributed by atoms with Gasteiger partial charge in [0.25, 0.3) is 0 Å². The normalized spacial score (nSPS) is 16.9. The molecule has 1 N–H and O–H groups in total. The molecule has 1 aromatic heterocycles. The Bertz CT molecular complexity index is 618. The number of phenols is 1. The second kappa shape index (κ2) is 4.72. The molecular weight excluding hydrogens is 240 g/mol. The van der Waals surface area contributed by atoms with E-state index in [-0.39, 0.29) is 17.5 Å². The van der Waals surface area contributed by atoms with Gasteiger partial charge >= 0.3 is 0 Å². The average molecular weight is 258 g/mol. The number of Topliss-reactive ketones (excluding diaryl/α,β-unsaturated/α-hetero) is 1. The van der Waals surface area contributed by atoms with Crippen LogP contribution in [0.5, 0.6) is 5.75 Å². The van der Waals surface area contributed by atoms with Crippen LogP contribution in [0.25, 0.3) is 11.0 Å². The van der Waals surface area contributed by atoms with Gasteiger partial charge < -0.3 is 9.52 Å². The molecule has 1 fully saturated rings. The first-order valence-corrected chi connectivity index (χ1v) is 6.93. The van der Waals surface area contributed by atoms with Crippen molar-refractivity contribution < 1.29 is 14.3 Å². The summed E-state index contributed by atoms with van der Waals surface area (Å²) >= 11 is 0. The fourth-order valence-electron chi connectivity index (χ4n) is 2.99. The van der Waals surface area contributed by atoms with Gasteiger partial charge in [0.15, 0.2) is 5.76 Å². The predicted octanol–water partition coefficient (Wildman–Crippen LogP) is 4.21. The smallest absolute Gasteiger partial charge is 0.201 e. The maximum Gasteiger partial charge on any atom is 0.201 e. The van der Waals surface area contributed by atoms with Crippen molar-refractivity contribution in [2.24, 2.45) is 5.92 Å². The zero-order valence-corrected chi connectivity index (χ0v) is 11.1. The maximum atomic E-state index is 12.5. The van der Waals surface area contributed by atoms with Crippen molar-refractivity contribution in [3.8, 4) is 5.75 Å². The van der Waals surface area contributed by atoms with Crippen LogP contribution in [0, 0.1) is 12.8 Å². The van der Waals surface area contributed by atoms with Gasteiger partial charge in [-0.1, -0.05) is 19.3 Å². The van der Waals surface area contributed by atoms with E-state index in [2.05, 4.69) is 0 Å². The lowest BCUT2D eigenvalue weighted by molar-refractivity contribution is 0.0862. The number of phenolic OH excluding ortho intramolecular Hbond substituents is 1. The molecule has 0 radical (unpaired) electrons. The molecule has 1 heterocycles. The van der Waals surface area contributed by atoms with Crippen LogP contribution in [-0.4, -0.2) is 10.9 Å². The van der Waals surface area contributed by atoms with Crippen molar-refractivity contribution >= 4 is 16.8 Å². The summed E-state index contributed by atoms with van der Waals surface area (Å²) in [7, 11) is 0. The molecular formula is C16H18O3. The molecule has 1 aromatic carbocycles. The van der Waals surface area contributed by atoms with Gasteiger partial charge in [0.2, 0.25) is 5.78 Å². The van der Waals surface area contributed by atoms with Gasteiger partial charge in [0.1, 0.15) is 11.3 Å². The molecule has 0 amide bonds. The summed E-state index contributed by atoms with van der Waals surface area (Å²) in [5.74, 6) is 0.926. The van der Waals surface area contributed by atoms with Crippen LogP contribution in [0.1, 0.15) is 48.2 Å². The summed E-state index contributed by atoms with van der Waals surface area (Å²) in [6, 6.07) is 4.96. The summed E-state index contributed by atoms with van der Waals surface area (Å²) in [4.78, 5) is 12.5. The highest BCUT2D eigenvalue weighted by Gasteiger charge is 2.27. The summed E-state index contributed by atoms with van der Waals surface area (Å²) in [5.41, 5.74) is 1.52. The lowest BCUT2D eigenvalue weighted by atomic mass is 9.85. The van der Waals surface area contributed by atoms with Crippen LogP contribution >= 0.6 is 0 Å². The Morgan fingerprint density at radius 2 is 2.00 bits per heavy atom. The number of carbonyl (C=O) groups is 1. The van der Waals surface area contributed by atoms with E-state index < -0.39 is 0 Å². The van der Waals surface area contributed by atoms with Crippen molar-refractivity contribution in [3.05, 3.63) is 29.5 Å². The largest absolute Gasteiger partial charge is 0.508 e. The molecule has 3 heteroatoms. The summed E-state index contributed by atoms with van der Waals surface area (Å²) in [6.45, 7) is 1.89. The molecule has 3 nitrogen and oxygen atoms in total. The number of hydrogen-bond acceptors (Lipinski definition) is 3. The topological polar surface area (TPSA) is 50.4 Å². The number of rotatable bonds is 2. The van der Waals surface area contributed by atoms with Crippen molar-refractivity contribution in [2.45, 2.75) is 39.0 Å². The van der Waals surface area contributed by atoms with Crippen LogP contribution in [0.15, 0.2) is 22.6 Å². The highest BCUT2D eigenvalue weighted by molar-refractivity contribution is 6.01. The number of ketones is 1. The molecule has 0 saturated heterocycles. The second-order valence-electron chi connectivity index (χ2n) is 5.44. The minimum Gasteiger partial charge on any atom is -0.508 e. The number of aromatic hydroxyl groups is 1. The van der Waals surface area contributed by atoms with Crippen molar-refractivity contribution in [3.63, 3.8) is 0 Å². The van der Waals surface area contributed by atoms with Crippen LogP contribution < -0.4 is 0 Å². The third kappa shape index (κ3) is 2.14. The van der Waals surface area contributed by atoms with E-state index >= 15 is 0 Å². The molecule has 0 unspecified atom stereocenters. The Balaban J connectivity index is 2.00. The molecule has 19 heavy (non-hydrogen) atoms. The third-order valence-corrected chi connectivity index (χ3v) is 4.12. The Morgan fingerprint density at radius 3 is 2.74 bits per heavy atom. The Hall–Kier alpha value is -1.77. The molecule has 1 aliphatic rings. The quantitative estimate of drug-likeness (QED) is 0.821. The third-order valence-electron chi connectivity index (χ3n) is 4.12. The molecule has 0 spiro atoms. The second-order valence-corrected chi connectivity index (χ2v) is 5.44. The van der Waals surface area contributed by atoms with Gasteiger partial charge in [0.05, 0.1) is 0 Å². The van der Waals surface area contributed by atoms with Gasteiger partial charge in [-0.25, -0.2) is 0 Å². The minimum atomic E-state index is 0.113. The lowest BCUT2D eigenvalue weighted by Gasteiger charge is -2.19. The fourth-order valence-corrected chi connectivity index (χ4v) is 2.99. The first-order valence-electron chi connectivity index (χ1n) is 6.93. The van der Waals surface area contributed by atoms with Crippen LogP contribution in [0.2, 0.25) is 0 Å². The van der Waals surface area contributed by atoms with Crippen LogP contribution in [0.4, 0.5) is 0 Å². The maximum absolute atomic E-state index is 12.5. The number of furan rings is 1. The summed E-state index contributed by atoms with van der Waals surface area (Å²) in [5, 5.41) is 10.4. The molecule has 100 valence electrons. The summed E-state index contributed by atoms with van der Waals surface area (Å²) < 4.78 is 5.71. The molecule has 3 rings (SSSR count). The fraction of sp³-hybridized carbons (Fsp3) is 0.438. The molecule has 1 aliphatic carbocycles. The molecule has 0 atom stereocenters. The number of hydrogen-bond donors (Lipinski definition) is 1. The Labute approximate surface area is 112 Å². The number of benzene rings is 1. The van der Waals surface area contributed by atoms with Gasteiger partial charge in [-0.3, -0.25) is 4.79 Å². The standard InChI is InChI=1S/C16H18O3/c1-10-13-9-12(17)7-8-14(13)19-16(10)15(18)11-5-3-2-4-6-11/h7-9,11,17H,2-6H2,1H3. The van der Waals surface area contributed by atoms with E-state index in [9.17, 15) is 9.90 Å². The van der Waals surface area contributed by atoms with E-state index in [1.54, 1.807) is 18.2 Å². The molecule has 1 saturated carbocycles. The van der Waals surface area contributed by atoms with Crippen molar-refractivity contribution in [1.82, 2.24) is 0 Å². The van der Waals surface area contributed by atoms with Gasteiger partial charge in [-0.05, 0) is 38.0 Å². The number of aryl methyl sites for hydroxylation is 1. The number of fused-ring (bicyclic) bond motifs is 1. The van der Waals surface area contributed by atoms with E-state index in [0.29, 0.717) is 11.3 Å².